The maximum absolute atomic E-state index is 13.4. The zero-order valence-corrected chi connectivity index (χ0v) is 9.45. The number of hydrogen-bond donors (Lipinski definition) is 2. The molecule has 1 rings (SSSR count). The lowest BCUT2D eigenvalue weighted by atomic mass is 10.0. The first-order valence-electron chi connectivity index (χ1n) is 4.81. The minimum atomic E-state index is -4.29. The van der Waals surface area contributed by atoms with Crippen molar-refractivity contribution < 1.29 is 17.6 Å². The molecule has 0 aliphatic rings. The van der Waals surface area contributed by atoms with Crippen LogP contribution in [-0.4, -0.2) is 6.18 Å². The normalized spacial score (nSPS) is 13.8. The van der Waals surface area contributed by atoms with Crippen LogP contribution in [-0.2, 0) is 0 Å². The Bertz CT molecular complexity index is 381. The first-order chi connectivity index (χ1) is 7.83. The molecular weight excluding hydrogens is 260 g/mol. The van der Waals surface area contributed by atoms with Crippen LogP contribution in [0.15, 0.2) is 18.2 Å². The van der Waals surface area contributed by atoms with E-state index in [0.717, 1.165) is 6.07 Å². The van der Waals surface area contributed by atoms with E-state index in [2.05, 4.69) is 5.43 Å². The zero-order chi connectivity index (χ0) is 13.1. The van der Waals surface area contributed by atoms with Gasteiger partial charge in [-0.15, -0.1) is 0 Å². The average Bonchev–Trinajstić information content (AvgIpc) is 2.19. The molecule has 0 saturated heterocycles. The molecule has 0 bridgehead atoms. The molecule has 0 aliphatic carbocycles. The van der Waals surface area contributed by atoms with Gasteiger partial charge in [0.15, 0.2) is 0 Å². The number of halogens is 5. The fraction of sp³-hybridized carbons (Fsp3) is 0.400. The predicted molar refractivity (Wildman–Crippen MR) is 56.8 cm³/mol. The number of hydrogen-bond acceptors (Lipinski definition) is 2. The lowest BCUT2D eigenvalue weighted by Gasteiger charge is -2.18. The van der Waals surface area contributed by atoms with Crippen LogP contribution in [0.2, 0.25) is 5.02 Å². The van der Waals surface area contributed by atoms with E-state index in [4.69, 9.17) is 17.4 Å². The SMILES string of the molecule is NNC(CCC(F)(F)F)c1ccc(Cl)cc1F. The van der Waals surface area contributed by atoms with E-state index in [-0.39, 0.29) is 17.0 Å². The van der Waals surface area contributed by atoms with Crippen LogP contribution in [0, 0.1) is 5.82 Å². The van der Waals surface area contributed by atoms with Gasteiger partial charge >= 0.3 is 6.18 Å². The van der Waals surface area contributed by atoms with Crippen LogP contribution in [0.4, 0.5) is 17.6 Å². The molecule has 2 nitrogen and oxygen atoms in total. The summed E-state index contributed by atoms with van der Waals surface area (Å²) >= 11 is 5.54. The molecular formula is C10H11ClF4N2. The van der Waals surface area contributed by atoms with Crippen LogP contribution in [0.3, 0.4) is 0 Å². The Hall–Kier alpha value is -0.850. The maximum atomic E-state index is 13.4. The molecule has 1 aromatic rings. The molecule has 0 saturated carbocycles. The maximum Gasteiger partial charge on any atom is 0.389 e. The molecule has 0 radical (unpaired) electrons. The molecule has 0 heterocycles. The van der Waals surface area contributed by atoms with Gasteiger partial charge in [-0.05, 0) is 18.6 Å². The fourth-order valence-corrected chi connectivity index (χ4v) is 1.58. The smallest absolute Gasteiger partial charge is 0.271 e. The summed E-state index contributed by atoms with van der Waals surface area (Å²) in [5.41, 5.74) is 2.24. The monoisotopic (exact) mass is 270 g/mol. The van der Waals surface area contributed by atoms with Crippen molar-refractivity contribution >= 4 is 11.6 Å². The van der Waals surface area contributed by atoms with Gasteiger partial charge in [0.25, 0.3) is 0 Å². The van der Waals surface area contributed by atoms with Crippen molar-refractivity contribution in [3.05, 3.63) is 34.6 Å². The van der Waals surface area contributed by atoms with Gasteiger partial charge in [0.1, 0.15) is 5.82 Å². The van der Waals surface area contributed by atoms with Crippen LogP contribution < -0.4 is 11.3 Å². The van der Waals surface area contributed by atoms with Gasteiger partial charge < -0.3 is 0 Å². The Morgan fingerprint density at radius 1 is 1.35 bits per heavy atom. The van der Waals surface area contributed by atoms with Crippen LogP contribution >= 0.6 is 11.6 Å². The minimum absolute atomic E-state index is 0.0705. The lowest BCUT2D eigenvalue weighted by molar-refractivity contribution is -0.136. The highest BCUT2D eigenvalue weighted by Gasteiger charge is 2.29. The van der Waals surface area contributed by atoms with Gasteiger partial charge in [0.05, 0.1) is 0 Å². The van der Waals surface area contributed by atoms with Crippen molar-refractivity contribution in [1.82, 2.24) is 5.43 Å². The quantitative estimate of drug-likeness (QED) is 0.500. The molecule has 0 aliphatic heterocycles. The third kappa shape index (κ3) is 4.49. The standard InChI is InChI=1S/C10H11ClF4N2/c11-6-1-2-7(8(12)5-6)9(17-16)3-4-10(13,14)15/h1-2,5,9,17H,3-4,16H2. The molecule has 0 spiro atoms. The predicted octanol–water partition coefficient (Wildman–Crippen LogP) is 3.33. The van der Waals surface area contributed by atoms with E-state index in [9.17, 15) is 17.6 Å². The molecule has 1 atom stereocenters. The third-order valence-electron chi connectivity index (χ3n) is 2.26. The van der Waals surface area contributed by atoms with Gasteiger partial charge in [-0.1, -0.05) is 17.7 Å². The molecule has 1 aromatic carbocycles. The highest BCUT2D eigenvalue weighted by Crippen LogP contribution is 2.29. The highest BCUT2D eigenvalue weighted by atomic mass is 35.5. The Morgan fingerprint density at radius 2 is 2.00 bits per heavy atom. The van der Waals surface area contributed by atoms with Crippen molar-refractivity contribution in [3.63, 3.8) is 0 Å². The van der Waals surface area contributed by atoms with Gasteiger partial charge in [-0.25, -0.2) is 4.39 Å². The third-order valence-corrected chi connectivity index (χ3v) is 2.49. The van der Waals surface area contributed by atoms with Gasteiger partial charge in [-0.3, -0.25) is 11.3 Å². The van der Waals surface area contributed by atoms with Crippen molar-refractivity contribution in [2.75, 3.05) is 0 Å². The Kier molecular flexibility index (Phi) is 4.73. The van der Waals surface area contributed by atoms with E-state index in [0.29, 0.717) is 0 Å². The molecule has 3 N–H and O–H groups in total. The summed E-state index contributed by atoms with van der Waals surface area (Å²) in [6.07, 6.45) is -5.67. The number of rotatable bonds is 4. The minimum Gasteiger partial charge on any atom is -0.271 e. The number of hydrazine groups is 1. The number of alkyl halides is 3. The second kappa shape index (κ2) is 5.66. The molecule has 1 unspecified atom stereocenters. The molecule has 96 valence electrons. The van der Waals surface area contributed by atoms with E-state index < -0.39 is 24.5 Å². The lowest BCUT2D eigenvalue weighted by Crippen LogP contribution is -2.29. The van der Waals surface area contributed by atoms with Gasteiger partial charge in [-0.2, -0.15) is 13.2 Å². The number of nitrogens with one attached hydrogen (secondary N) is 1. The Labute approximate surface area is 101 Å². The summed E-state index contributed by atoms with van der Waals surface area (Å²) in [5, 5.41) is 0.179. The van der Waals surface area contributed by atoms with E-state index in [1.165, 1.54) is 12.1 Å². The first kappa shape index (κ1) is 14.2. The van der Waals surface area contributed by atoms with Crippen LogP contribution in [0.5, 0.6) is 0 Å². The summed E-state index contributed by atoms with van der Waals surface area (Å²) < 4.78 is 49.6. The van der Waals surface area contributed by atoms with Crippen LogP contribution in [0.1, 0.15) is 24.4 Å². The second-order valence-corrected chi connectivity index (χ2v) is 3.98. The van der Waals surface area contributed by atoms with E-state index in [1.54, 1.807) is 0 Å². The van der Waals surface area contributed by atoms with Crippen molar-refractivity contribution in [1.29, 1.82) is 0 Å². The van der Waals surface area contributed by atoms with Gasteiger partial charge in [0.2, 0.25) is 0 Å². The topological polar surface area (TPSA) is 38.0 Å². The van der Waals surface area contributed by atoms with E-state index >= 15 is 0 Å². The number of benzene rings is 1. The molecule has 0 aromatic heterocycles. The summed E-state index contributed by atoms with van der Waals surface area (Å²) in [7, 11) is 0. The zero-order valence-electron chi connectivity index (χ0n) is 8.69. The average molecular weight is 271 g/mol. The molecule has 0 fully saturated rings. The van der Waals surface area contributed by atoms with Crippen molar-refractivity contribution in [2.24, 2.45) is 5.84 Å². The van der Waals surface area contributed by atoms with Gasteiger partial charge in [0, 0.05) is 23.0 Å². The Balaban J connectivity index is 2.79. The highest BCUT2D eigenvalue weighted by molar-refractivity contribution is 6.30. The second-order valence-electron chi connectivity index (χ2n) is 3.54. The molecule has 0 amide bonds. The molecule has 17 heavy (non-hydrogen) atoms. The summed E-state index contributed by atoms with van der Waals surface area (Å²) in [4.78, 5) is 0. The van der Waals surface area contributed by atoms with Crippen molar-refractivity contribution in [3.8, 4) is 0 Å². The Morgan fingerprint density at radius 3 is 2.47 bits per heavy atom. The number of nitrogens with two attached hydrogens (primary N) is 1. The van der Waals surface area contributed by atoms with E-state index in [1.807, 2.05) is 0 Å². The van der Waals surface area contributed by atoms with Crippen LogP contribution in [0.25, 0.3) is 0 Å². The van der Waals surface area contributed by atoms with Crippen molar-refractivity contribution in [2.45, 2.75) is 25.1 Å². The molecule has 7 heteroatoms. The summed E-state index contributed by atoms with van der Waals surface area (Å²) in [5.74, 6) is 4.45. The largest absolute Gasteiger partial charge is 0.389 e. The summed E-state index contributed by atoms with van der Waals surface area (Å²) in [6.45, 7) is 0. The fourth-order valence-electron chi connectivity index (χ4n) is 1.42. The first-order valence-corrected chi connectivity index (χ1v) is 5.19. The summed E-state index contributed by atoms with van der Waals surface area (Å²) in [6, 6.07) is 2.86.